The van der Waals surface area contributed by atoms with Crippen LogP contribution in [0.15, 0.2) is 36.7 Å². The Labute approximate surface area is 99.7 Å². The van der Waals surface area contributed by atoms with Crippen molar-refractivity contribution in [1.82, 2.24) is 15.5 Å². The van der Waals surface area contributed by atoms with Gasteiger partial charge in [0.15, 0.2) is 0 Å². The van der Waals surface area contributed by atoms with Crippen LogP contribution in [0.1, 0.15) is 22.7 Å². The van der Waals surface area contributed by atoms with Crippen molar-refractivity contribution < 1.29 is 4.39 Å². The van der Waals surface area contributed by atoms with E-state index in [1.807, 2.05) is 19.2 Å². The Bertz CT molecular complexity index is 499. The fourth-order valence-electron chi connectivity index (χ4n) is 1.79. The van der Waals surface area contributed by atoms with Crippen LogP contribution in [0.3, 0.4) is 0 Å². The lowest BCUT2D eigenvalue weighted by molar-refractivity contribution is 0.607. The first-order valence-electron chi connectivity index (χ1n) is 5.42. The van der Waals surface area contributed by atoms with Gasteiger partial charge >= 0.3 is 0 Å². The van der Waals surface area contributed by atoms with E-state index in [9.17, 15) is 4.39 Å². The molecule has 0 radical (unpaired) electrons. The zero-order valence-corrected chi connectivity index (χ0v) is 9.81. The molecule has 4 heteroatoms. The van der Waals surface area contributed by atoms with Crippen molar-refractivity contribution in [3.63, 3.8) is 0 Å². The summed E-state index contributed by atoms with van der Waals surface area (Å²) in [4.78, 5) is 0. The monoisotopic (exact) mass is 231 g/mol. The molecule has 1 aromatic heterocycles. The summed E-state index contributed by atoms with van der Waals surface area (Å²) >= 11 is 0. The maximum Gasteiger partial charge on any atom is 0.126 e. The average Bonchev–Trinajstić information content (AvgIpc) is 2.36. The van der Waals surface area contributed by atoms with Crippen LogP contribution < -0.4 is 5.32 Å². The first kappa shape index (κ1) is 11.7. The van der Waals surface area contributed by atoms with Gasteiger partial charge in [-0.2, -0.15) is 10.2 Å². The summed E-state index contributed by atoms with van der Waals surface area (Å²) < 4.78 is 13.5. The van der Waals surface area contributed by atoms with Gasteiger partial charge in [0.05, 0.1) is 12.2 Å². The average molecular weight is 231 g/mol. The van der Waals surface area contributed by atoms with E-state index in [4.69, 9.17) is 0 Å². The van der Waals surface area contributed by atoms with Gasteiger partial charge in [0.2, 0.25) is 0 Å². The smallest absolute Gasteiger partial charge is 0.126 e. The van der Waals surface area contributed by atoms with Crippen molar-refractivity contribution in [3.8, 4) is 0 Å². The molecule has 1 N–H and O–H groups in total. The second kappa shape index (κ2) is 5.01. The van der Waals surface area contributed by atoms with Gasteiger partial charge in [-0.05, 0) is 42.8 Å². The largest absolute Gasteiger partial charge is 0.309 e. The van der Waals surface area contributed by atoms with Crippen LogP contribution in [0.2, 0.25) is 0 Å². The molecule has 0 saturated heterocycles. The lowest BCUT2D eigenvalue weighted by Crippen LogP contribution is -2.18. The molecule has 1 atom stereocenters. The molecule has 0 spiro atoms. The highest BCUT2D eigenvalue weighted by atomic mass is 19.1. The highest BCUT2D eigenvalue weighted by Gasteiger charge is 2.13. The Morgan fingerprint density at radius 2 is 2.00 bits per heavy atom. The van der Waals surface area contributed by atoms with Crippen LogP contribution >= 0.6 is 0 Å². The normalized spacial score (nSPS) is 12.4. The number of hydrogen-bond acceptors (Lipinski definition) is 3. The Morgan fingerprint density at radius 1 is 1.18 bits per heavy atom. The standard InChI is InChI=1S/C13H14FN3/c1-9-3-4-10(7-12(9)14)13(15-2)11-5-6-16-17-8-11/h3-8,13,15H,1-2H3. The van der Waals surface area contributed by atoms with Gasteiger partial charge in [0.1, 0.15) is 5.82 Å². The van der Waals surface area contributed by atoms with Gasteiger partial charge in [0.25, 0.3) is 0 Å². The highest BCUT2D eigenvalue weighted by molar-refractivity contribution is 5.32. The van der Waals surface area contributed by atoms with Crippen LogP contribution in [0.25, 0.3) is 0 Å². The molecular formula is C13H14FN3. The molecule has 0 aliphatic heterocycles. The molecule has 1 heterocycles. The lowest BCUT2D eigenvalue weighted by atomic mass is 9.99. The number of nitrogens with one attached hydrogen (secondary N) is 1. The Hall–Kier alpha value is -1.81. The minimum Gasteiger partial charge on any atom is -0.309 e. The van der Waals surface area contributed by atoms with Crippen LogP contribution in [0.5, 0.6) is 0 Å². The fraction of sp³-hybridized carbons (Fsp3) is 0.231. The van der Waals surface area contributed by atoms with Crippen LogP contribution in [0.4, 0.5) is 4.39 Å². The molecule has 1 unspecified atom stereocenters. The summed E-state index contributed by atoms with van der Waals surface area (Å²) in [6.07, 6.45) is 3.31. The van der Waals surface area contributed by atoms with Gasteiger partial charge in [-0.3, -0.25) is 0 Å². The number of aromatic nitrogens is 2. The van der Waals surface area contributed by atoms with E-state index in [2.05, 4.69) is 15.5 Å². The summed E-state index contributed by atoms with van der Waals surface area (Å²) in [5.41, 5.74) is 2.49. The Balaban J connectivity index is 2.39. The quantitative estimate of drug-likeness (QED) is 0.880. The van der Waals surface area contributed by atoms with Gasteiger partial charge in [-0.1, -0.05) is 12.1 Å². The van der Waals surface area contributed by atoms with Crippen LogP contribution in [-0.4, -0.2) is 17.2 Å². The molecule has 2 aromatic rings. The number of aryl methyl sites for hydroxylation is 1. The topological polar surface area (TPSA) is 37.8 Å². The number of benzene rings is 1. The molecule has 0 amide bonds. The maximum atomic E-state index is 13.5. The van der Waals surface area contributed by atoms with Crippen LogP contribution in [0, 0.1) is 12.7 Å². The van der Waals surface area contributed by atoms with Gasteiger partial charge in [0, 0.05) is 6.20 Å². The SMILES string of the molecule is CNC(c1ccnnc1)c1ccc(C)c(F)c1. The van der Waals surface area contributed by atoms with Gasteiger partial charge < -0.3 is 5.32 Å². The van der Waals surface area contributed by atoms with E-state index >= 15 is 0 Å². The van der Waals surface area contributed by atoms with Crippen molar-refractivity contribution in [2.24, 2.45) is 0 Å². The van der Waals surface area contributed by atoms with E-state index in [-0.39, 0.29) is 11.9 Å². The van der Waals surface area contributed by atoms with E-state index in [1.54, 1.807) is 31.5 Å². The summed E-state index contributed by atoms with van der Waals surface area (Å²) in [6.45, 7) is 1.75. The second-order valence-electron chi connectivity index (χ2n) is 3.91. The Morgan fingerprint density at radius 3 is 2.59 bits per heavy atom. The minimum atomic E-state index is -0.190. The van der Waals surface area contributed by atoms with E-state index in [1.165, 1.54) is 0 Å². The second-order valence-corrected chi connectivity index (χ2v) is 3.91. The fourth-order valence-corrected chi connectivity index (χ4v) is 1.79. The van der Waals surface area contributed by atoms with Crippen molar-refractivity contribution >= 4 is 0 Å². The molecule has 0 aliphatic rings. The van der Waals surface area contributed by atoms with Crippen molar-refractivity contribution in [2.75, 3.05) is 7.05 Å². The van der Waals surface area contributed by atoms with Gasteiger partial charge in [-0.15, -0.1) is 0 Å². The maximum absolute atomic E-state index is 13.5. The third kappa shape index (κ3) is 2.47. The molecule has 3 nitrogen and oxygen atoms in total. The highest BCUT2D eigenvalue weighted by Crippen LogP contribution is 2.22. The first-order chi connectivity index (χ1) is 8.22. The molecule has 2 rings (SSSR count). The third-order valence-corrected chi connectivity index (χ3v) is 2.76. The van der Waals surface area contributed by atoms with E-state index in [0.29, 0.717) is 5.56 Å². The molecule has 0 aliphatic carbocycles. The molecule has 17 heavy (non-hydrogen) atoms. The number of hydrogen-bond donors (Lipinski definition) is 1. The Kier molecular flexibility index (Phi) is 3.44. The predicted molar refractivity (Wildman–Crippen MR) is 64.1 cm³/mol. The summed E-state index contributed by atoms with van der Waals surface area (Å²) in [6, 6.07) is 7.05. The van der Waals surface area contributed by atoms with Crippen molar-refractivity contribution in [3.05, 3.63) is 59.2 Å². The van der Waals surface area contributed by atoms with Crippen molar-refractivity contribution in [1.29, 1.82) is 0 Å². The summed E-state index contributed by atoms with van der Waals surface area (Å²) in [5, 5.41) is 10.7. The summed E-state index contributed by atoms with van der Waals surface area (Å²) in [5.74, 6) is -0.190. The molecule has 0 bridgehead atoms. The van der Waals surface area contributed by atoms with E-state index < -0.39 is 0 Å². The number of halogens is 1. The first-order valence-corrected chi connectivity index (χ1v) is 5.42. The minimum absolute atomic E-state index is 0.0689. The van der Waals surface area contributed by atoms with E-state index in [0.717, 1.165) is 11.1 Å². The van der Waals surface area contributed by atoms with Gasteiger partial charge in [-0.25, -0.2) is 4.39 Å². The molecule has 0 saturated carbocycles. The molecule has 0 fully saturated rings. The zero-order valence-electron chi connectivity index (χ0n) is 9.81. The lowest BCUT2D eigenvalue weighted by Gasteiger charge is -2.16. The number of rotatable bonds is 3. The van der Waals surface area contributed by atoms with Crippen molar-refractivity contribution in [2.45, 2.75) is 13.0 Å². The predicted octanol–water partition coefficient (Wildman–Crippen LogP) is 2.23. The zero-order chi connectivity index (χ0) is 12.3. The van der Waals surface area contributed by atoms with Crippen LogP contribution in [-0.2, 0) is 0 Å². The molecule has 1 aromatic carbocycles. The third-order valence-electron chi connectivity index (χ3n) is 2.76. The molecular weight excluding hydrogens is 217 g/mol. The number of nitrogens with zero attached hydrogens (tertiary/aromatic N) is 2. The summed E-state index contributed by atoms with van der Waals surface area (Å²) in [7, 11) is 1.84. The molecule has 88 valence electrons.